The minimum Gasteiger partial charge on any atom is -0.476 e. The molecule has 0 radical (unpaired) electrons. The first-order chi connectivity index (χ1) is 9.42. The number of aromatic carboxylic acids is 1. The van der Waals surface area contributed by atoms with E-state index >= 15 is 0 Å². The van der Waals surface area contributed by atoms with Gasteiger partial charge in [0.25, 0.3) is 0 Å². The lowest BCUT2D eigenvalue weighted by Gasteiger charge is -2.21. The largest absolute Gasteiger partial charge is 0.476 e. The number of sulfone groups is 1. The van der Waals surface area contributed by atoms with Crippen molar-refractivity contribution in [1.29, 1.82) is 0 Å². The molecule has 1 aliphatic rings. The summed E-state index contributed by atoms with van der Waals surface area (Å²) < 4.78 is 23.6. The van der Waals surface area contributed by atoms with Crippen LogP contribution in [0.15, 0.2) is 12.4 Å². The van der Waals surface area contributed by atoms with Gasteiger partial charge in [0.1, 0.15) is 5.25 Å². The molecule has 1 amide bonds. The van der Waals surface area contributed by atoms with Crippen LogP contribution in [0.4, 0.5) is 5.82 Å². The SMILES string of the molecule is O=C(O)c1nccnc1NC(=O)C1CCCCS1(=O)=O. The Bertz CT molecular complexity index is 643. The Hall–Kier alpha value is -2.03. The molecule has 20 heavy (non-hydrogen) atoms. The number of carbonyl (C=O) groups is 2. The fourth-order valence-electron chi connectivity index (χ4n) is 2.03. The molecule has 2 N–H and O–H groups in total. The van der Waals surface area contributed by atoms with Gasteiger partial charge in [0, 0.05) is 12.4 Å². The van der Waals surface area contributed by atoms with Crippen LogP contribution in [0.25, 0.3) is 0 Å². The van der Waals surface area contributed by atoms with Crippen molar-refractivity contribution in [3.63, 3.8) is 0 Å². The van der Waals surface area contributed by atoms with Gasteiger partial charge in [-0.2, -0.15) is 0 Å². The molecule has 1 fully saturated rings. The van der Waals surface area contributed by atoms with E-state index in [0.717, 1.165) is 0 Å². The van der Waals surface area contributed by atoms with Crippen LogP contribution < -0.4 is 5.32 Å². The summed E-state index contributed by atoms with van der Waals surface area (Å²) in [5.41, 5.74) is -0.422. The van der Waals surface area contributed by atoms with Crippen molar-refractivity contribution < 1.29 is 23.1 Å². The van der Waals surface area contributed by atoms with Crippen molar-refractivity contribution in [2.75, 3.05) is 11.1 Å². The van der Waals surface area contributed by atoms with E-state index in [4.69, 9.17) is 5.11 Å². The Kier molecular flexibility index (Phi) is 3.98. The van der Waals surface area contributed by atoms with Gasteiger partial charge in [0.05, 0.1) is 5.75 Å². The monoisotopic (exact) mass is 299 g/mol. The van der Waals surface area contributed by atoms with E-state index < -0.39 is 32.7 Å². The smallest absolute Gasteiger partial charge is 0.358 e. The summed E-state index contributed by atoms with van der Waals surface area (Å²) in [6.07, 6.45) is 3.81. The molecule has 2 rings (SSSR count). The van der Waals surface area contributed by atoms with Gasteiger partial charge < -0.3 is 10.4 Å². The zero-order valence-electron chi connectivity index (χ0n) is 10.4. The minimum absolute atomic E-state index is 0.0304. The van der Waals surface area contributed by atoms with Crippen molar-refractivity contribution in [3.05, 3.63) is 18.1 Å². The number of amides is 1. The molecular weight excluding hydrogens is 286 g/mol. The Morgan fingerprint density at radius 3 is 2.60 bits per heavy atom. The quantitative estimate of drug-likeness (QED) is 0.809. The number of aromatic nitrogens is 2. The number of carbonyl (C=O) groups excluding carboxylic acids is 1. The normalized spacial score (nSPS) is 21.1. The van der Waals surface area contributed by atoms with Gasteiger partial charge in [-0.05, 0) is 12.8 Å². The van der Waals surface area contributed by atoms with Gasteiger partial charge in [0.15, 0.2) is 21.3 Å². The number of nitrogens with zero attached hydrogens (tertiary/aromatic N) is 2. The molecule has 0 aromatic carbocycles. The molecule has 108 valence electrons. The molecule has 1 atom stereocenters. The number of anilines is 1. The van der Waals surface area contributed by atoms with E-state index in [1.54, 1.807) is 0 Å². The van der Waals surface area contributed by atoms with Crippen LogP contribution in [0, 0.1) is 0 Å². The van der Waals surface area contributed by atoms with Crippen LogP contribution in [-0.2, 0) is 14.6 Å². The molecule has 0 aliphatic carbocycles. The molecule has 0 bridgehead atoms. The highest BCUT2D eigenvalue weighted by Crippen LogP contribution is 2.21. The number of nitrogens with one attached hydrogen (secondary N) is 1. The molecule has 8 nitrogen and oxygen atoms in total. The lowest BCUT2D eigenvalue weighted by atomic mass is 10.2. The summed E-state index contributed by atoms with van der Waals surface area (Å²) in [7, 11) is -3.48. The van der Waals surface area contributed by atoms with Gasteiger partial charge >= 0.3 is 5.97 Å². The van der Waals surface area contributed by atoms with Gasteiger partial charge in [-0.15, -0.1) is 0 Å². The standard InChI is InChI=1S/C11H13N3O5S/c15-10(7-3-1-2-6-20(7,18)19)14-9-8(11(16)17)12-4-5-13-9/h4-5,7H,1-3,6H2,(H,16,17)(H,13,14,15). The average Bonchev–Trinajstić information content (AvgIpc) is 2.38. The molecule has 1 unspecified atom stereocenters. The van der Waals surface area contributed by atoms with Crippen molar-refractivity contribution in [2.45, 2.75) is 24.5 Å². The van der Waals surface area contributed by atoms with Crippen molar-refractivity contribution in [1.82, 2.24) is 9.97 Å². The Balaban J connectivity index is 2.22. The third-order valence-corrected chi connectivity index (χ3v) is 5.19. The van der Waals surface area contributed by atoms with Gasteiger partial charge in [-0.1, -0.05) is 6.42 Å². The maximum absolute atomic E-state index is 12.0. The average molecular weight is 299 g/mol. The van der Waals surface area contributed by atoms with E-state index in [0.29, 0.717) is 12.8 Å². The molecule has 0 spiro atoms. The number of carboxylic acid groups (broad SMARTS) is 1. The third kappa shape index (κ3) is 2.93. The second kappa shape index (κ2) is 5.53. The van der Waals surface area contributed by atoms with Gasteiger partial charge in [-0.3, -0.25) is 4.79 Å². The number of hydrogen-bond acceptors (Lipinski definition) is 6. The Labute approximate surface area is 115 Å². The third-order valence-electron chi connectivity index (χ3n) is 3.01. The zero-order chi connectivity index (χ0) is 14.8. The van der Waals surface area contributed by atoms with Crippen LogP contribution in [-0.4, -0.2) is 46.4 Å². The topological polar surface area (TPSA) is 126 Å². The van der Waals surface area contributed by atoms with Crippen molar-refractivity contribution >= 4 is 27.5 Å². The summed E-state index contributed by atoms with van der Waals surface area (Å²) in [6.45, 7) is 0. The number of carboxylic acids is 1. The van der Waals surface area contributed by atoms with Gasteiger partial charge in [0.2, 0.25) is 5.91 Å². The fourth-order valence-corrected chi connectivity index (χ4v) is 3.83. The summed E-state index contributed by atoms with van der Waals surface area (Å²) in [6, 6.07) is 0. The second-order valence-electron chi connectivity index (χ2n) is 4.40. The van der Waals surface area contributed by atoms with E-state index in [1.807, 2.05) is 0 Å². The molecule has 0 saturated carbocycles. The van der Waals surface area contributed by atoms with E-state index in [9.17, 15) is 18.0 Å². The lowest BCUT2D eigenvalue weighted by molar-refractivity contribution is -0.116. The van der Waals surface area contributed by atoms with Gasteiger partial charge in [-0.25, -0.2) is 23.2 Å². The molecular formula is C11H13N3O5S. The summed E-state index contributed by atoms with van der Waals surface area (Å²) in [5, 5.41) is 10.0. The first-order valence-corrected chi connectivity index (χ1v) is 7.70. The van der Waals surface area contributed by atoms with E-state index in [2.05, 4.69) is 15.3 Å². The predicted octanol–water partition coefficient (Wildman–Crippen LogP) is 0.0806. The first-order valence-electron chi connectivity index (χ1n) is 5.98. The van der Waals surface area contributed by atoms with E-state index in [1.165, 1.54) is 12.4 Å². The van der Waals surface area contributed by atoms with E-state index in [-0.39, 0.29) is 18.0 Å². The highest BCUT2D eigenvalue weighted by molar-refractivity contribution is 7.92. The Morgan fingerprint density at radius 1 is 1.25 bits per heavy atom. The highest BCUT2D eigenvalue weighted by atomic mass is 32.2. The molecule has 1 aliphatic heterocycles. The van der Waals surface area contributed by atoms with Crippen LogP contribution in [0.3, 0.4) is 0 Å². The maximum Gasteiger partial charge on any atom is 0.358 e. The Morgan fingerprint density at radius 2 is 1.95 bits per heavy atom. The van der Waals surface area contributed by atoms with Crippen molar-refractivity contribution in [3.8, 4) is 0 Å². The van der Waals surface area contributed by atoms with Crippen LogP contribution >= 0.6 is 0 Å². The maximum atomic E-state index is 12.0. The minimum atomic E-state index is -3.48. The molecule has 1 aromatic rings. The zero-order valence-corrected chi connectivity index (χ0v) is 11.3. The highest BCUT2D eigenvalue weighted by Gasteiger charge is 2.35. The van der Waals surface area contributed by atoms with Crippen LogP contribution in [0.5, 0.6) is 0 Å². The van der Waals surface area contributed by atoms with Crippen LogP contribution in [0.1, 0.15) is 29.8 Å². The molecule has 1 saturated heterocycles. The fraction of sp³-hybridized carbons (Fsp3) is 0.455. The van der Waals surface area contributed by atoms with Crippen LogP contribution in [0.2, 0.25) is 0 Å². The molecule has 9 heteroatoms. The number of hydrogen-bond donors (Lipinski definition) is 2. The predicted molar refractivity (Wildman–Crippen MR) is 69.0 cm³/mol. The number of rotatable bonds is 3. The summed E-state index contributed by atoms with van der Waals surface area (Å²) in [4.78, 5) is 30.2. The molecule has 2 heterocycles. The van der Waals surface area contributed by atoms with Crippen molar-refractivity contribution in [2.24, 2.45) is 0 Å². The second-order valence-corrected chi connectivity index (χ2v) is 6.70. The first kappa shape index (κ1) is 14.4. The summed E-state index contributed by atoms with van der Waals surface area (Å²) in [5.74, 6) is -2.38. The molecule has 1 aromatic heterocycles. The lowest BCUT2D eigenvalue weighted by Crippen LogP contribution is -2.39. The summed E-state index contributed by atoms with van der Waals surface area (Å²) >= 11 is 0.